The molecule has 0 spiro atoms. The van der Waals surface area contributed by atoms with Crippen molar-refractivity contribution in [3.8, 4) is 22.8 Å². The predicted octanol–water partition coefficient (Wildman–Crippen LogP) is 9.96. The molecule has 0 radical (unpaired) electrons. The van der Waals surface area contributed by atoms with Crippen LogP contribution in [0.5, 0.6) is 11.5 Å². The Labute approximate surface area is 387 Å². The molecule has 5 aromatic rings. The molecule has 6 rings (SSSR count). The molecule has 354 valence electrons. The van der Waals surface area contributed by atoms with E-state index >= 15 is 0 Å². The lowest BCUT2D eigenvalue weighted by molar-refractivity contribution is 0.0536. The average Bonchev–Trinajstić information content (AvgIpc) is 3.75. The number of rotatable bonds is 8. The highest BCUT2D eigenvalue weighted by Crippen LogP contribution is 2.40. The zero-order valence-electron chi connectivity index (χ0n) is 41.5. The number of aromatic nitrogens is 4. The number of aliphatic hydroxyl groups is 1. The molecule has 0 atom stereocenters. The molecule has 14 nitrogen and oxygen atoms in total. The molecule has 17 heteroatoms. The van der Waals surface area contributed by atoms with E-state index in [1.165, 1.54) is 4.57 Å². The van der Waals surface area contributed by atoms with Gasteiger partial charge in [0.15, 0.2) is 0 Å². The van der Waals surface area contributed by atoms with Crippen LogP contribution in [0, 0.1) is 5.92 Å². The summed E-state index contributed by atoms with van der Waals surface area (Å²) in [5.41, 5.74) is 1.40. The number of carbonyl (C=O) groups is 2. The van der Waals surface area contributed by atoms with Gasteiger partial charge in [-0.3, -0.25) is 4.57 Å². The van der Waals surface area contributed by atoms with Crippen LogP contribution in [-0.2, 0) is 9.47 Å². The zero-order valence-corrected chi connectivity index (χ0v) is 43.5. The molecule has 3 aromatic heterocycles. The second kappa shape index (κ2) is 18.9. The molecule has 1 aliphatic rings. The lowest BCUT2D eigenvalue weighted by Crippen LogP contribution is -2.43. The van der Waals surface area contributed by atoms with E-state index in [1.807, 2.05) is 51.1 Å². The maximum absolute atomic E-state index is 13.4. The van der Waals surface area contributed by atoms with E-state index in [1.54, 1.807) is 55.9 Å². The molecule has 0 saturated carbocycles. The fourth-order valence-corrected chi connectivity index (χ4v) is 8.83. The van der Waals surface area contributed by atoms with Crippen molar-refractivity contribution in [1.82, 2.24) is 19.1 Å². The summed E-state index contributed by atoms with van der Waals surface area (Å²) < 4.78 is 26.8. The van der Waals surface area contributed by atoms with Gasteiger partial charge in [-0.2, -0.15) is 0 Å². The number of hydrogen-bond acceptors (Lipinski definition) is 12. The Hall–Kier alpha value is -4.68. The first-order valence-electron chi connectivity index (χ1n) is 22.5. The van der Waals surface area contributed by atoms with Crippen LogP contribution in [0.3, 0.4) is 0 Å². The molecule has 0 aliphatic carbocycles. The Morgan fingerprint density at radius 1 is 0.677 bits per heavy atom. The molecular weight excluding hydrogens is 858 g/mol. The van der Waals surface area contributed by atoms with Crippen LogP contribution in [0.25, 0.3) is 33.1 Å². The summed E-state index contributed by atoms with van der Waals surface area (Å²) in [4.78, 5) is 37.4. The number of carbonyl (C=O) groups excluding carboxylic acids is 2. The number of benzene rings is 2. The second-order valence-corrected chi connectivity index (χ2v) is 31.6. The Balaban J connectivity index is 0.000000259. The number of anilines is 1. The third-order valence-electron chi connectivity index (χ3n) is 12.4. The van der Waals surface area contributed by atoms with Crippen molar-refractivity contribution in [3.05, 3.63) is 60.9 Å². The molecule has 1 aliphatic heterocycles. The van der Waals surface area contributed by atoms with Gasteiger partial charge in [0, 0.05) is 48.4 Å². The van der Waals surface area contributed by atoms with Crippen molar-refractivity contribution >= 4 is 69.3 Å². The monoisotopic (exact) mass is 929 g/mol. The van der Waals surface area contributed by atoms with Crippen molar-refractivity contribution in [1.29, 1.82) is 0 Å². The zero-order chi connectivity index (χ0) is 48.7. The molecule has 4 heterocycles. The molecule has 2 aromatic carbocycles. The quantitative estimate of drug-likeness (QED) is 0.126. The van der Waals surface area contributed by atoms with E-state index < -0.39 is 47.1 Å². The largest absolute Gasteiger partial charge is 0.543 e. The minimum absolute atomic E-state index is 0.0524. The summed E-state index contributed by atoms with van der Waals surface area (Å²) in [6, 6.07) is 14.8. The van der Waals surface area contributed by atoms with Crippen molar-refractivity contribution in [2.24, 2.45) is 5.92 Å². The maximum atomic E-state index is 13.4. The molecule has 65 heavy (non-hydrogen) atoms. The number of nitrogens with zero attached hydrogens (tertiary/aromatic N) is 5. The summed E-state index contributed by atoms with van der Waals surface area (Å²) in [6.45, 7) is 34.6. The van der Waals surface area contributed by atoms with E-state index in [0.717, 1.165) is 48.1 Å². The van der Waals surface area contributed by atoms with Crippen LogP contribution in [0.2, 0.25) is 36.3 Å². The van der Waals surface area contributed by atoms with Gasteiger partial charge in [0.2, 0.25) is 22.6 Å². The Morgan fingerprint density at radius 3 is 1.52 bits per heavy atom. The first-order valence-corrected chi connectivity index (χ1v) is 28.3. The number of ether oxygens (including phenoxy) is 2. The predicted molar refractivity (Wildman–Crippen MR) is 266 cm³/mol. The van der Waals surface area contributed by atoms with Crippen molar-refractivity contribution in [3.63, 3.8) is 0 Å². The van der Waals surface area contributed by atoms with Gasteiger partial charge in [0.05, 0.1) is 22.3 Å². The lowest BCUT2D eigenvalue weighted by Gasteiger charge is -2.36. The van der Waals surface area contributed by atoms with Crippen molar-refractivity contribution < 1.29 is 43.1 Å². The van der Waals surface area contributed by atoms with Gasteiger partial charge >= 0.3 is 19.3 Å². The maximum Gasteiger partial charge on any atom is 0.506 e. The standard InChI is InChI=1S/C29H42N4O4Si.C19H30BNO5Si/c1-28(2,3)36-27(35)33-24-10-9-23(37-38(7,8)29(4,5)6)15-21(24)16-25(33)22-17-30-26(31-18-22)32-13-11-20(19-34)12-14-32;1-18(2,3)25-17(22)21-15-10-9-14(26-27(7,8)19(4,5)6)11-13(15)12-16(21)20(23)24/h9-10,15-18,20,34H,11-14,19H2,1-8H3;9-12,23-24H,1-8H3. The molecule has 0 bridgehead atoms. The highest BCUT2D eigenvalue weighted by Gasteiger charge is 2.40. The van der Waals surface area contributed by atoms with Gasteiger partial charge in [-0.1, -0.05) is 41.5 Å². The minimum atomic E-state index is -2.02. The normalized spacial score (nSPS) is 14.5. The van der Waals surface area contributed by atoms with E-state index in [0.29, 0.717) is 34.2 Å². The highest BCUT2D eigenvalue weighted by atomic mass is 28.4. The second-order valence-electron chi connectivity index (χ2n) is 22.2. The summed E-state index contributed by atoms with van der Waals surface area (Å²) in [5, 5.41) is 30.6. The van der Waals surface area contributed by atoms with Crippen LogP contribution < -0.4 is 19.3 Å². The topological polar surface area (TPSA) is 171 Å². The van der Waals surface area contributed by atoms with Gasteiger partial charge in [-0.05, 0) is 145 Å². The Kier molecular flexibility index (Phi) is 14.9. The first-order chi connectivity index (χ1) is 29.8. The molecule has 0 amide bonds. The molecule has 3 N–H and O–H groups in total. The minimum Gasteiger partial charge on any atom is -0.543 e. The number of aliphatic hydroxyl groups excluding tert-OH is 1. The summed E-state index contributed by atoms with van der Waals surface area (Å²) in [6.07, 6.45) is 4.28. The van der Waals surface area contributed by atoms with Crippen LogP contribution in [-0.4, -0.2) is 101 Å². The summed E-state index contributed by atoms with van der Waals surface area (Å²) in [5.74, 6) is 2.51. The SMILES string of the molecule is CC(C)(C)OC(=O)n1c(-c2cnc(N3CCC(CO)CC3)nc2)cc2cc(O[Si](C)(C)C(C)(C)C)ccc21.CC(C)(C)OC(=O)n1c(B(O)O)cc2cc(O[Si](C)(C)C(C)(C)C)ccc21. The average molecular weight is 930 g/mol. The van der Waals surface area contributed by atoms with E-state index in [4.69, 9.17) is 18.3 Å². The molecule has 1 fully saturated rings. The van der Waals surface area contributed by atoms with Crippen LogP contribution in [0.4, 0.5) is 15.5 Å². The third kappa shape index (κ3) is 12.4. The van der Waals surface area contributed by atoms with Crippen LogP contribution in [0.1, 0.15) is 95.9 Å². The van der Waals surface area contributed by atoms with Gasteiger partial charge in [0.1, 0.15) is 22.7 Å². The van der Waals surface area contributed by atoms with E-state index in [2.05, 4.69) is 82.6 Å². The molecule has 1 saturated heterocycles. The van der Waals surface area contributed by atoms with Crippen molar-refractivity contribution in [2.45, 2.75) is 143 Å². The molecule has 0 unspecified atom stereocenters. The van der Waals surface area contributed by atoms with Gasteiger partial charge < -0.3 is 38.4 Å². The van der Waals surface area contributed by atoms with Crippen molar-refractivity contribution in [2.75, 3.05) is 24.6 Å². The Morgan fingerprint density at radius 2 is 1.11 bits per heavy atom. The summed E-state index contributed by atoms with van der Waals surface area (Å²) >= 11 is 0. The number of fused-ring (bicyclic) bond motifs is 2. The smallest absolute Gasteiger partial charge is 0.506 e. The van der Waals surface area contributed by atoms with Gasteiger partial charge in [-0.15, -0.1) is 0 Å². The van der Waals surface area contributed by atoms with Gasteiger partial charge in [0.25, 0.3) is 0 Å². The Bertz CT molecular complexity index is 2470. The lowest BCUT2D eigenvalue weighted by atomic mass is 9.86. The third-order valence-corrected chi connectivity index (χ3v) is 21.2. The first kappa shape index (κ1) is 51.3. The van der Waals surface area contributed by atoms with Crippen LogP contribution >= 0.6 is 0 Å². The van der Waals surface area contributed by atoms with Crippen LogP contribution in [0.15, 0.2) is 60.9 Å². The fraction of sp³-hybridized carbons (Fsp3) is 0.542. The molecular formula is C48H72BN5O9Si2. The number of piperidine rings is 1. The summed E-state index contributed by atoms with van der Waals surface area (Å²) in [7, 11) is -5.83. The number of hydrogen-bond donors (Lipinski definition) is 3. The van der Waals surface area contributed by atoms with E-state index in [-0.39, 0.29) is 22.3 Å². The highest BCUT2D eigenvalue weighted by molar-refractivity contribution is 6.75. The fourth-order valence-electron chi connectivity index (χ4n) is 6.78. The van der Waals surface area contributed by atoms with E-state index in [9.17, 15) is 24.7 Å². The van der Waals surface area contributed by atoms with Gasteiger partial charge in [-0.25, -0.2) is 24.1 Å².